The van der Waals surface area contributed by atoms with Crippen LogP contribution in [0.5, 0.6) is 0 Å². The van der Waals surface area contributed by atoms with E-state index in [1.807, 2.05) is 44.2 Å². The van der Waals surface area contributed by atoms with E-state index < -0.39 is 0 Å². The van der Waals surface area contributed by atoms with E-state index in [1.165, 1.54) is 4.68 Å². The third-order valence-electron chi connectivity index (χ3n) is 5.29. The third-order valence-corrected chi connectivity index (χ3v) is 5.29. The molecule has 1 fully saturated rings. The first-order valence-corrected chi connectivity index (χ1v) is 9.65. The van der Waals surface area contributed by atoms with Crippen molar-refractivity contribution in [1.82, 2.24) is 24.6 Å². The first kappa shape index (κ1) is 19.4. The highest BCUT2D eigenvalue weighted by atomic mass is 16.2. The molecule has 0 bridgehead atoms. The number of carbonyl (C=O) groups is 1. The number of nitrogens with zero attached hydrogens (tertiary/aromatic N) is 4. The van der Waals surface area contributed by atoms with Gasteiger partial charge < -0.3 is 10.2 Å². The van der Waals surface area contributed by atoms with Crippen LogP contribution in [-0.4, -0.2) is 51.3 Å². The summed E-state index contributed by atoms with van der Waals surface area (Å²) in [6.45, 7) is 6.21. The fraction of sp³-hybridized carbons (Fsp3) is 0.550. The number of carbonyl (C=O) groups excluding carboxylic acids is 1. The Balaban J connectivity index is 1.93. The predicted octanol–water partition coefficient (Wildman–Crippen LogP) is 1.43. The topological polar surface area (TPSA) is 72.2 Å². The average Bonchev–Trinajstić information content (AvgIpc) is 2.98. The summed E-state index contributed by atoms with van der Waals surface area (Å²) in [4.78, 5) is 27.2. The van der Waals surface area contributed by atoms with Gasteiger partial charge in [-0.15, -0.1) is 0 Å². The Kier molecular flexibility index (Phi) is 6.11. The van der Waals surface area contributed by atoms with Crippen molar-refractivity contribution >= 4 is 5.91 Å². The van der Waals surface area contributed by atoms with Crippen molar-refractivity contribution in [2.24, 2.45) is 0 Å². The van der Waals surface area contributed by atoms with Crippen LogP contribution >= 0.6 is 0 Å². The summed E-state index contributed by atoms with van der Waals surface area (Å²) in [5.74, 6) is 0.931. The number of hydrogen-bond acceptors (Lipinski definition) is 4. The molecule has 7 nitrogen and oxygen atoms in total. The lowest BCUT2D eigenvalue weighted by atomic mass is 9.97. The number of benzene rings is 1. The maximum Gasteiger partial charge on any atom is 0.346 e. The number of aromatic nitrogens is 3. The number of piperidine rings is 1. The third kappa shape index (κ3) is 4.47. The van der Waals surface area contributed by atoms with Crippen molar-refractivity contribution in [3.8, 4) is 0 Å². The normalized spacial score (nSPS) is 15.3. The average molecular weight is 371 g/mol. The second kappa shape index (κ2) is 8.52. The van der Waals surface area contributed by atoms with Crippen LogP contribution in [0.25, 0.3) is 0 Å². The molecule has 0 aliphatic carbocycles. The molecule has 0 unspecified atom stereocenters. The highest BCUT2D eigenvalue weighted by molar-refractivity contribution is 5.75. The van der Waals surface area contributed by atoms with Gasteiger partial charge >= 0.3 is 5.69 Å². The second-order valence-electron chi connectivity index (χ2n) is 7.49. The van der Waals surface area contributed by atoms with E-state index in [-0.39, 0.29) is 30.1 Å². The molecule has 146 valence electrons. The highest BCUT2D eigenvalue weighted by Gasteiger charge is 2.25. The number of hydrogen-bond donors (Lipinski definition) is 1. The van der Waals surface area contributed by atoms with Gasteiger partial charge in [0.05, 0.1) is 6.54 Å². The van der Waals surface area contributed by atoms with Gasteiger partial charge in [-0.05, 0) is 45.3 Å². The Morgan fingerprint density at radius 2 is 1.93 bits per heavy atom. The van der Waals surface area contributed by atoms with Crippen LogP contribution in [0, 0.1) is 0 Å². The van der Waals surface area contributed by atoms with Crippen LogP contribution in [0.1, 0.15) is 44.0 Å². The molecular formula is C20H29N5O2. The summed E-state index contributed by atoms with van der Waals surface area (Å²) in [6, 6.07) is 10.0. The lowest BCUT2D eigenvalue weighted by Gasteiger charge is -2.22. The van der Waals surface area contributed by atoms with Gasteiger partial charge in [-0.3, -0.25) is 9.36 Å². The zero-order valence-corrected chi connectivity index (χ0v) is 16.4. The molecular weight excluding hydrogens is 342 g/mol. The molecule has 1 aromatic heterocycles. The van der Waals surface area contributed by atoms with Gasteiger partial charge in [0.15, 0.2) is 0 Å². The van der Waals surface area contributed by atoms with Crippen molar-refractivity contribution in [3.05, 3.63) is 52.2 Å². The summed E-state index contributed by atoms with van der Waals surface area (Å²) >= 11 is 0. The van der Waals surface area contributed by atoms with Gasteiger partial charge in [0.25, 0.3) is 0 Å². The monoisotopic (exact) mass is 371 g/mol. The van der Waals surface area contributed by atoms with Gasteiger partial charge in [0.1, 0.15) is 12.4 Å². The zero-order valence-electron chi connectivity index (χ0n) is 16.4. The highest BCUT2D eigenvalue weighted by Crippen LogP contribution is 2.23. The maximum absolute atomic E-state index is 13.0. The van der Waals surface area contributed by atoms with E-state index in [4.69, 9.17) is 0 Å². The number of likely N-dealkylation sites (N-methyl/N-ethyl adjacent to an activating group) is 1. The van der Waals surface area contributed by atoms with Gasteiger partial charge in [-0.2, -0.15) is 5.10 Å². The minimum Gasteiger partial charge on any atom is -0.342 e. The minimum atomic E-state index is -0.210. The molecule has 2 heterocycles. The van der Waals surface area contributed by atoms with Gasteiger partial charge in [-0.25, -0.2) is 9.48 Å². The van der Waals surface area contributed by atoms with Crippen molar-refractivity contribution in [2.75, 3.05) is 20.1 Å². The van der Waals surface area contributed by atoms with Crippen LogP contribution in [0.4, 0.5) is 0 Å². The zero-order chi connectivity index (χ0) is 19.4. The molecule has 0 saturated carbocycles. The lowest BCUT2D eigenvalue weighted by molar-refractivity contribution is -0.132. The van der Waals surface area contributed by atoms with E-state index in [0.29, 0.717) is 6.54 Å². The maximum atomic E-state index is 13.0. The fourth-order valence-corrected chi connectivity index (χ4v) is 3.39. The Bertz CT molecular complexity index is 819. The molecule has 1 aromatic carbocycles. The predicted molar refractivity (Wildman–Crippen MR) is 105 cm³/mol. The Hall–Kier alpha value is -2.41. The van der Waals surface area contributed by atoms with E-state index >= 15 is 0 Å². The van der Waals surface area contributed by atoms with Gasteiger partial charge in [0, 0.05) is 19.0 Å². The summed E-state index contributed by atoms with van der Waals surface area (Å²) in [7, 11) is 1.76. The van der Waals surface area contributed by atoms with E-state index in [0.717, 1.165) is 37.3 Å². The first-order chi connectivity index (χ1) is 13.0. The fourth-order valence-electron chi connectivity index (χ4n) is 3.39. The van der Waals surface area contributed by atoms with E-state index in [9.17, 15) is 9.59 Å². The van der Waals surface area contributed by atoms with Crippen LogP contribution in [0.15, 0.2) is 35.1 Å². The summed E-state index contributed by atoms with van der Waals surface area (Å²) in [5.41, 5.74) is 0.845. The van der Waals surface area contributed by atoms with E-state index in [1.54, 1.807) is 16.5 Å². The van der Waals surface area contributed by atoms with Crippen molar-refractivity contribution < 1.29 is 4.79 Å². The number of amides is 1. The molecule has 7 heteroatoms. The first-order valence-electron chi connectivity index (χ1n) is 9.65. The molecule has 27 heavy (non-hydrogen) atoms. The SMILES string of the molecule is CC(C)N(C)C(=O)Cn1nc(C2CCNCC2)n(Cc2ccccc2)c1=O. The second-order valence-corrected chi connectivity index (χ2v) is 7.49. The van der Waals surface area contributed by atoms with Gasteiger partial charge in [-0.1, -0.05) is 30.3 Å². The molecule has 1 aliphatic heterocycles. The summed E-state index contributed by atoms with van der Waals surface area (Å²) in [5, 5.41) is 7.96. The summed E-state index contributed by atoms with van der Waals surface area (Å²) < 4.78 is 3.08. The standard InChI is InChI=1S/C20H29N5O2/c1-15(2)23(3)18(26)14-25-20(27)24(13-16-7-5-4-6-8-16)19(22-25)17-9-11-21-12-10-17/h4-8,15,17,21H,9-14H2,1-3H3. The quantitative estimate of drug-likeness (QED) is 0.834. The van der Waals surface area contributed by atoms with Gasteiger partial charge in [0.2, 0.25) is 5.91 Å². The Morgan fingerprint density at radius 1 is 1.26 bits per heavy atom. The molecule has 2 aromatic rings. The van der Waals surface area contributed by atoms with Crippen molar-refractivity contribution in [1.29, 1.82) is 0 Å². The molecule has 1 saturated heterocycles. The van der Waals surface area contributed by atoms with Crippen LogP contribution in [0.2, 0.25) is 0 Å². The van der Waals surface area contributed by atoms with Crippen LogP contribution < -0.4 is 11.0 Å². The Labute approximate surface area is 160 Å². The minimum absolute atomic E-state index is 0.0206. The molecule has 1 amide bonds. The number of rotatable bonds is 6. The summed E-state index contributed by atoms with van der Waals surface area (Å²) in [6.07, 6.45) is 1.90. The van der Waals surface area contributed by atoms with Crippen molar-refractivity contribution in [3.63, 3.8) is 0 Å². The molecule has 3 rings (SSSR count). The lowest BCUT2D eigenvalue weighted by Crippen LogP contribution is -2.38. The van der Waals surface area contributed by atoms with Crippen molar-refractivity contribution in [2.45, 2.75) is 51.7 Å². The Morgan fingerprint density at radius 3 is 2.56 bits per heavy atom. The molecule has 0 atom stereocenters. The molecule has 0 spiro atoms. The van der Waals surface area contributed by atoms with E-state index in [2.05, 4.69) is 10.4 Å². The smallest absolute Gasteiger partial charge is 0.342 e. The van der Waals surface area contributed by atoms with Crippen LogP contribution in [0.3, 0.4) is 0 Å². The van der Waals surface area contributed by atoms with Crippen LogP contribution in [-0.2, 0) is 17.9 Å². The molecule has 1 N–H and O–H groups in total. The molecule has 1 aliphatic rings. The number of nitrogens with one attached hydrogen (secondary N) is 1. The molecule has 0 radical (unpaired) electrons. The largest absolute Gasteiger partial charge is 0.346 e.